The van der Waals surface area contributed by atoms with Gasteiger partial charge in [0.1, 0.15) is 0 Å². The number of hydrogen-bond acceptors (Lipinski definition) is 3. The number of aliphatic hydroxyl groups is 1. The molecule has 0 bridgehead atoms. The minimum Gasteiger partial charge on any atom is -0.410 e. The highest BCUT2D eigenvalue weighted by Crippen LogP contribution is 2.60. The Balaban J connectivity index is 1.60. The first-order valence-corrected chi connectivity index (χ1v) is 18.1. The second-order valence-electron chi connectivity index (χ2n) is 14.8. The third kappa shape index (κ3) is 5.90. The number of pyridine rings is 1. The van der Waals surface area contributed by atoms with Crippen LogP contribution in [-0.2, 0) is 16.3 Å². The zero-order chi connectivity index (χ0) is 27.6. The van der Waals surface area contributed by atoms with Crippen molar-refractivity contribution in [1.29, 1.82) is 0 Å². The maximum atomic E-state index is 11.3. The van der Waals surface area contributed by atoms with Crippen LogP contribution >= 0.6 is 22.6 Å². The molecule has 2 aromatic rings. The van der Waals surface area contributed by atoms with Crippen molar-refractivity contribution in [3.63, 3.8) is 0 Å². The van der Waals surface area contributed by atoms with E-state index in [0.717, 1.165) is 31.2 Å². The number of halogens is 1. The number of aromatic nitrogens is 1. The van der Waals surface area contributed by atoms with Crippen LogP contribution in [0.3, 0.4) is 0 Å². The molecular formula is C32H48INO2Si. The normalized spacial score (nSPS) is 25.2. The fourth-order valence-corrected chi connectivity index (χ4v) is 8.20. The Kier molecular flexibility index (Phi) is 7.91. The van der Waals surface area contributed by atoms with Gasteiger partial charge in [0.15, 0.2) is 8.32 Å². The SMILES string of the molecule is CC(C)c1cc(I)c2c(n1)CC1(CC(C(O)c3ccc(C(C)(C)C)cc3)C1)C[C@H]2O[Si](C)(C)C(C)(C)C. The topological polar surface area (TPSA) is 42.4 Å². The molecular weight excluding hydrogens is 585 g/mol. The van der Waals surface area contributed by atoms with E-state index in [9.17, 15) is 5.11 Å². The first-order valence-electron chi connectivity index (χ1n) is 14.1. The van der Waals surface area contributed by atoms with Gasteiger partial charge in [0, 0.05) is 20.5 Å². The fraction of sp³-hybridized carbons (Fsp3) is 0.656. The standard InChI is InChI=1S/C32H48INO2Si/c1-20(2)25-15-24(33)28-26(34-25)18-32(19-27(28)36-37(9,10)31(6,7)8)16-22(17-32)29(35)21-11-13-23(14-12-21)30(3,4)5/h11-15,20,22,27,29,35H,16-19H2,1-10H3/t22?,27-,29?,32?/m1/s1. The summed E-state index contributed by atoms with van der Waals surface area (Å²) in [6.45, 7) is 22.9. The van der Waals surface area contributed by atoms with Crippen LogP contribution in [0.15, 0.2) is 30.3 Å². The van der Waals surface area contributed by atoms with Gasteiger partial charge in [-0.15, -0.1) is 0 Å². The Morgan fingerprint density at radius 2 is 1.62 bits per heavy atom. The first kappa shape index (κ1) is 29.2. The first-order chi connectivity index (χ1) is 16.9. The van der Waals surface area contributed by atoms with Gasteiger partial charge in [-0.1, -0.05) is 79.7 Å². The van der Waals surface area contributed by atoms with Gasteiger partial charge >= 0.3 is 0 Å². The highest BCUT2D eigenvalue weighted by molar-refractivity contribution is 14.1. The number of rotatable bonds is 5. The van der Waals surface area contributed by atoms with Crippen molar-refractivity contribution in [1.82, 2.24) is 4.98 Å². The van der Waals surface area contributed by atoms with Gasteiger partial charge in [-0.3, -0.25) is 4.98 Å². The Morgan fingerprint density at radius 3 is 2.14 bits per heavy atom. The molecule has 0 aliphatic heterocycles. The monoisotopic (exact) mass is 633 g/mol. The van der Waals surface area contributed by atoms with Crippen LogP contribution in [0.1, 0.15) is 121 Å². The molecule has 1 fully saturated rings. The third-order valence-electron chi connectivity index (χ3n) is 9.38. The van der Waals surface area contributed by atoms with Crippen molar-refractivity contribution in [3.05, 3.63) is 62.0 Å². The van der Waals surface area contributed by atoms with Gasteiger partial charge in [-0.05, 0) is 106 Å². The summed E-state index contributed by atoms with van der Waals surface area (Å²) in [7, 11) is -1.96. The highest BCUT2D eigenvalue weighted by Gasteiger charge is 2.53. The molecule has 204 valence electrons. The van der Waals surface area contributed by atoms with Crippen LogP contribution in [-0.4, -0.2) is 18.4 Å². The average molecular weight is 634 g/mol. The van der Waals surface area contributed by atoms with Crippen molar-refractivity contribution >= 4 is 30.9 Å². The number of benzene rings is 1. The molecule has 2 atom stereocenters. The number of aliphatic hydroxyl groups excluding tert-OH is 1. The summed E-state index contributed by atoms with van der Waals surface area (Å²) in [6.07, 6.45) is 3.80. The quantitative estimate of drug-likeness (QED) is 0.264. The molecule has 1 N–H and O–H groups in total. The van der Waals surface area contributed by atoms with Crippen LogP contribution < -0.4 is 0 Å². The molecule has 4 rings (SSSR count). The van der Waals surface area contributed by atoms with E-state index in [1.807, 2.05) is 0 Å². The van der Waals surface area contributed by atoms with Crippen molar-refractivity contribution in [2.24, 2.45) is 11.3 Å². The highest BCUT2D eigenvalue weighted by atomic mass is 127. The molecule has 37 heavy (non-hydrogen) atoms. The van der Waals surface area contributed by atoms with Crippen LogP contribution in [0.2, 0.25) is 18.1 Å². The van der Waals surface area contributed by atoms with Gasteiger partial charge in [0.25, 0.3) is 0 Å². The van der Waals surface area contributed by atoms with Gasteiger partial charge < -0.3 is 9.53 Å². The van der Waals surface area contributed by atoms with Crippen molar-refractivity contribution < 1.29 is 9.53 Å². The molecule has 0 radical (unpaired) electrons. The number of hydrogen-bond donors (Lipinski definition) is 1. The van der Waals surface area contributed by atoms with E-state index in [1.54, 1.807) is 0 Å². The molecule has 1 aromatic heterocycles. The Morgan fingerprint density at radius 1 is 1.03 bits per heavy atom. The molecule has 2 aliphatic rings. The molecule has 5 heteroatoms. The second-order valence-corrected chi connectivity index (χ2v) is 20.7. The summed E-state index contributed by atoms with van der Waals surface area (Å²) < 4.78 is 8.44. The minimum absolute atomic E-state index is 0.0921. The summed E-state index contributed by atoms with van der Waals surface area (Å²) in [4.78, 5) is 5.22. The fourth-order valence-electron chi connectivity index (χ4n) is 5.96. The van der Waals surface area contributed by atoms with Crippen LogP contribution in [0.4, 0.5) is 0 Å². The zero-order valence-electron chi connectivity index (χ0n) is 24.7. The van der Waals surface area contributed by atoms with E-state index >= 15 is 0 Å². The van der Waals surface area contributed by atoms with Gasteiger partial charge in [-0.2, -0.15) is 0 Å². The minimum atomic E-state index is -1.96. The summed E-state index contributed by atoms with van der Waals surface area (Å²) >= 11 is 2.52. The lowest BCUT2D eigenvalue weighted by Crippen LogP contribution is -2.49. The summed E-state index contributed by atoms with van der Waals surface area (Å²) in [5, 5.41) is 11.5. The van der Waals surface area contributed by atoms with E-state index < -0.39 is 14.4 Å². The van der Waals surface area contributed by atoms with Crippen molar-refractivity contribution in [2.45, 2.75) is 123 Å². The molecule has 1 heterocycles. The Labute approximate surface area is 240 Å². The van der Waals surface area contributed by atoms with Gasteiger partial charge in [0.05, 0.1) is 12.2 Å². The maximum absolute atomic E-state index is 11.3. The smallest absolute Gasteiger partial charge is 0.192 e. The van der Waals surface area contributed by atoms with Crippen molar-refractivity contribution in [2.75, 3.05) is 0 Å². The Bertz CT molecular complexity index is 1120. The summed E-state index contributed by atoms with van der Waals surface area (Å²) in [6, 6.07) is 10.9. The number of fused-ring (bicyclic) bond motifs is 1. The lowest BCUT2D eigenvalue weighted by molar-refractivity contribution is -0.0662. The van der Waals surface area contributed by atoms with E-state index in [0.29, 0.717) is 11.8 Å². The molecule has 1 saturated carbocycles. The molecule has 1 aromatic carbocycles. The van der Waals surface area contributed by atoms with E-state index in [2.05, 4.69) is 121 Å². The largest absolute Gasteiger partial charge is 0.410 e. The summed E-state index contributed by atoms with van der Waals surface area (Å²) in [5.74, 6) is 0.700. The molecule has 1 spiro atoms. The summed E-state index contributed by atoms with van der Waals surface area (Å²) in [5.41, 5.74) is 6.41. The Hall–Kier alpha value is -0.763. The molecule has 0 amide bonds. The van der Waals surface area contributed by atoms with Gasteiger partial charge in [-0.25, -0.2) is 0 Å². The molecule has 1 unspecified atom stereocenters. The van der Waals surface area contributed by atoms with Crippen LogP contribution in [0, 0.1) is 14.9 Å². The zero-order valence-corrected chi connectivity index (χ0v) is 27.9. The predicted octanol–water partition coefficient (Wildman–Crippen LogP) is 9.25. The maximum Gasteiger partial charge on any atom is 0.192 e. The van der Waals surface area contributed by atoms with E-state index in [1.165, 1.54) is 26.1 Å². The van der Waals surface area contributed by atoms with E-state index in [-0.39, 0.29) is 22.0 Å². The van der Waals surface area contributed by atoms with Crippen LogP contribution in [0.5, 0.6) is 0 Å². The van der Waals surface area contributed by atoms with Crippen molar-refractivity contribution in [3.8, 4) is 0 Å². The third-order valence-corrected chi connectivity index (χ3v) is 14.8. The lowest BCUT2D eigenvalue weighted by atomic mass is 9.53. The molecule has 0 saturated heterocycles. The van der Waals surface area contributed by atoms with E-state index in [4.69, 9.17) is 9.41 Å². The molecule has 2 aliphatic carbocycles. The average Bonchev–Trinajstić information content (AvgIpc) is 2.74. The van der Waals surface area contributed by atoms with Crippen LogP contribution in [0.25, 0.3) is 0 Å². The second kappa shape index (κ2) is 10.0. The van der Waals surface area contributed by atoms with Gasteiger partial charge in [0.2, 0.25) is 0 Å². The predicted molar refractivity (Wildman–Crippen MR) is 166 cm³/mol. The number of nitrogens with zero attached hydrogens (tertiary/aromatic N) is 1. The molecule has 3 nitrogen and oxygen atoms in total. The lowest BCUT2D eigenvalue weighted by Gasteiger charge is -2.54.